The Labute approximate surface area is 151 Å². The number of carbonyl (C=O) groups is 1. The maximum absolute atomic E-state index is 12.8. The van der Waals surface area contributed by atoms with Gasteiger partial charge in [0.2, 0.25) is 0 Å². The van der Waals surface area contributed by atoms with Crippen LogP contribution in [0.4, 0.5) is 11.4 Å². The average Bonchev–Trinajstić information content (AvgIpc) is 2.79. The monoisotopic (exact) mass is 355 g/mol. The van der Waals surface area contributed by atoms with Gasteiger partial charge in [-0.05, 0) is 30.7 Å². The van der Waals surface area contributed by atoms with Gasteiger partial charge >= 0.3 is 0 Å². The van der Waals surface area contributed by atoms with Crippen LogP contribution in [0.15, 0.2) is 42.5 Å². The van der Waals surface area contributed by atoms with Crippen LogP contribution in [0.25, 0.3) is 0 Å². The number of ether oxygens (including phenoxy) is 1. The van der Waals surface area contributed by atoms with E-state index in [2.05, 4.69) is 0 Å². The molecular formula is C19H21N3O4. The predicted molar refractivity (Wildman–Crippen MR) is 98.7 cm³/mol. The highest BCUT2D eigenvalue weighted by Crippen LogP contribution is 2.35. The molecule has 2 aromatic carbocycles. The molecule has 1 aliphatic heterocycles. The number of rotatable bonds is 5. The number of likely N-dealkylation sites (N-methyl/N-ethyl adjacent to an activating group) is 1. The van der Waals surface area contributed by atoms with E-state index in [-0.39, 0.29) is 11.6 Å². The molecule has 0 atom stereocenters. The van der Waals surface area contributed by atoms with Crippen LogP contribution in [-0.2, 0) is 6.54 Å². The molecule has 0 aromatic heterocycles. The number of para-hydroxylation sites is 1. The molecule has 7 heteroatoms. The first-order valence-electron chi connectivity index (χ1n) is 8.49. The van der Waals surface area contributed by atoms with Crippen molar-refractivity contribution < 1.29 is 14.5 Å². The van der Waals surface area contributed by atoms with Gasteiger partial charge in [0, 0.05) is 32.2 Å². The third-order valence-electron chi connectivity index (χ3n) is 4.60. The highest BCUT2D eigenvalue weighted by molar-refractivity contribution is 6.02. The Morgan fingerprint density at radius 3 is 2.42 bits per heavy atom. The van der Waals surface area contributed by atoms with Crippen molar-refractivity contribution in [3.63, 3.8) is 0 Å². The predicted octanol–water partition coefficient (Wildman–Crippen LogP) is 3.09. The molecule has 0 unspecified atom stereocenters. The summed E-state index contributed by atoms with van der Waals surface area (Å²) in [5.74, 6) is 0.590. The van der Waals surface area contributed by atoms with E-state index >= 15 is 0 Å². The molecule has 0 bridgehead atoms. The van der Waals surface area contributed by atoms with Gasteiger partial charge in [0.25, 0.3) is 11.6 Å². The third kappa shape index (κ3) is 3.33. The number of hydrogen-bond acceptors (Lipinski definition) is 5. The normalized spacial score (nSPS) is 14.0. The molecule has 7 nitrogen and oxygen atoms in total. The molecule has 3 rings (SSSR count). The Morgan fingerprint density at radius 2 is 1.81 bits per heavy atom. The zero-order valence-electron chi connectivity index (χ0n) is 14.8. The van der Waals surface area contributed by atoms with Gasteiger partial charge in [-0.15, -0.1) is 0 Å². The van der Waals surface area contributed by atoms with Crippen molar-refractivity contribution in [1.82, 2.24) is 4.90 Å². The van der Waals surface area contributed by atoms with Crippen LogP contribution in [0.5, 0.6) is 5.75 Å². The third-order valence-corrected chi connectivity index (χ3v) is 4.60. The zero-order valence-corrected chi connectivity index (χ0v) is 14.8. The molecule has 1 heterocycles. The lowest BCUT2D eigenvalue weighted by Crippen LogP contribution is -2.34. The summed E-state index contributed by atoms with van der Waals surface area (Å²) in [4.78, 5) is 27.6. The molecule has 0 radical (unpaired) electrons. The standard InChI is InChI=1S/C19H21N3O4/c1-3-20-11-12-21(13-14-7-9-15(26-2)10-8-14)18-16(19(20)23)5-4-6-17(18)22(24)25/h4-10H,3,11-13H2,1-2H3. The Balaban J connectivity index is 2.04. The number of nitrogens with zero attached hydrogens (tertiary/aromatic N) is 3. The molecule has 0 saturated carbocycles. The van der Waals surface area contributed by atoms with Gasteiger partial charge in [-0.25, -0.2) is 0 Å². The van der Waals surface area contributed by atoms with Crippen LogP contribution in [0.3, 0.4) is 0 Å². The minimum Gasteiger partial charge on any atom is -0.497 e. The van der Waals surface area contributed by atoms with Gasteiger partial charge < -0.3 is 14.5 Å². The second-order valence-corrected chi connectivity index (χ2v) is 6.08. The molecule has 136 valence electrons. The summed E-state index contributed by atoms with van der Waals surface area (Å²) in [5.41, 5.74) is 1.73. The molecule has 0 spiro atoms. The van der Waals surface area contributed by atoms with Gasteiger partial charge in [-0.3, -0.25) is 14.9 Å². The first kappa shape index (κ1) is 17.7. The smallest absolute Gasteiger partial charge is 0.293 e. The van der Waals surface area contributed by atoms with E-state index in [1.807, 2.05) is 36.1 Å². The summed E-state index contributed by atoms with van der Waals surface area (Å²) in [7, 11) is 1.61. The molecule has 0 N–H and O–H groups in total. The van der Waals surface area contributed by atoms with E-state index in [1.165, 1.54) is 6.07 Å². The first-order valence-corrected chi connectivity index (χ1v) is 8.49. The van der Waals surface area contributed by atoms with E-state index in [4.69, 9.17) is 4.74 Å². The fourth-order valence-electron chi connectivity index (χ4n) is 3.22. The van der Waals surface area contributed by atoms with Crippen molar-refractivity contribution in [2.24, 2.45) is 0 Å². The van der Waals surface area contributed by atoms with E-state index in [9.17, 15) is 14.9 Å². The van der Waals surface area contributed by atoms with E-state index < -0.39 is 4.92 Å². The minimum atomic E-state index is -0.422. The molecule has 0 aliphatic carbocycles. The van der Waals surface area contributed by atoms with Gasteiger partial charge in [0.05, 0.1) is 17.6 Å². The van der Waals surface area contributed by atoms with Gasteiger partial charge in [-0.2, -0.15) is 0 Å². The number of amides is 1. The fourth-order valence-corrected chi connectivity index (χ4v) is 3.22. The topological polar surface area (TPSA) is 75.9 Å². The molecular weight excluding hydrogens is 334 g/mol. The van der Waals surface area contributed by atoms with Crippen LogP contribution in [0.2, 0.25) is 0 Å². The average molecular weight is 355 g/mol. The first-order chi connectivity index (χ1) is 12.5. The quantitative estimate of drug-likeness (QED) is 0.608. The van der Waals surface area contributed by atoms with Crippen LogP contribution < -0.4 is 9.64 Å². The maximum Gasteiger partial charge on any atom is 0.293 e. The Hall–Kier alpha value is -3.09. The minimum absolute atomic E-state index is 0.0395. The summed E-state index contributed by atoms with van der Waals surface area (Å²) >= 11 is 0. The van der Waals surface area contributed by atoms with Crippen molar-refractivity contribution in [2.75, 3.05) is 31.6 Å². The molecule has 0 fully saturated rings. The summed E-state index contributed by atoms with van der Waals surface area (Å²) in [6.07, 6.45) is 0. The number of carbonyl (C=O) groups excluding carboxylic acids is 1. The molecule has 2 aromatic rings. The summed E-state index contributed by atoms with van der Waals surface area (Å²) in [6, 6.07) is 12.3. The second kappa shape index (κ2) is 7.43. The SMILES string of the molecule is CCN1CCN(Cc2ccc(OC)cc2)c2c(cccc2[N+](=O)[O-])C1=O. The Morgan fingerprint density at radius 1 is 1.12 bits per heavy atom. The van der Waals surface area contributed by atoms with Gasteiger partial charge in [0.15, 0.2) is 0 Å². The van der Waals surface area contributed by atoms with Crippen molar-refractivity contribution in [1.29, 1.82) is 0 Å². The van der Waals surface area contributed by atoms with Gasteiger partial charge in [0.1, 0.15) is 11.4 Å². The highest BCUT2D eigenvalue weighted by Gasteiger charge is 2.31. The van der Waals surface area contributed by atoms with Crippen molar-refractivity contribution in [2.45, 2.75) is 13.5 Å². The lowest BCUT2D eigenvalue weighted by Gasteiger charge is -2.24. The van der Waals surface area contributed by atoms with Crippen LogP contribution in [0, 0.1) is 10.1 Å². The van der Waals surface area contributed by atoms with Crippen LogP contribution in [0.1, 0.15) is 22.8 Å². The van der Waals surface area contributed by atoms with E-state index in [0.717, 1.165) is 11.3 Å². The van der Waals surface area contributed by atoms with E-state index in [0.29, 0.717) is 37.4 Å². The number of fused-ring (bicyclic) bond motifs is 1. The van der Waals surface area contributed by atoms with Crippen LogP contribution >= 0.6 is 0 Å². The number of benzene rings is 2. The molecule has 0 saturated heterocycles. The van der Waals surface area contributed by atoms with Crippen LogP contribution in [-0.4, -0.2) is 42.5 Å². The molecule has 26 heavy (non-hydrogen) atoms. The maximum atomic E-state index is 12.8. The number of nitro benzene ring substituents is 1. The Bertz CT molecular complexity index is 820. The van der Waals surface area contributed by atoms with Gasteiger partial charge in [-0.1, -0.05) is 18.2 Å². The Kier molecular flexibility index (Phi) is 5.06. The van der Waals surface area contributed by atoms with Crippen molar-refractivity contribution in [3.05, 3.63) is 63.7 Å². The number of anilines is 1. The second-order valence-electron chi connectivity index (χ2n) is 6.08. The van der Waals surface area contributed by atoms with Crippen molar-refractivity contribution in [3.8, 4) is 5.75 Å². The molecule has 1 aliphatic rings. The molecule has 1 amide bonds. The number of hydrogen-bond donors (Lipinski definition) is 0. The lowest BCUT2D eigenvalue weighted by molar-refractivity contribution is -0.384. The summed E-state index contributed by atoms with van der Waals surface area (Å²) in [5, 5.41) is 11.6. The number of methoxy groups -OCH3 is 1. The van der Waals surface area contributed by atoms with Crippen molar-refractivity contribution >= 4 is 17.3 Å². The number of nitro groups is 1. The summed E-state index contributed by atoms with van der Waals surface area (Å²) in [6.45, 7) is 4.01. The fraction of sp³-hybridized carbons (Fsp3) is 0.316. The summed E-state index contributed by atoms with van der Waals surface area (Å²) < 4.78 is 5.17. The van der Waals surface area contributed by atoms with E-state index in [1.54, 1.807) is 24.1 Å². The lowest BCUT2D eigenvalue weighted by atomic mass is 10.1. The largest absolute Gasteiger partial charge is 0.497 e. The highest BCUT2D eigenvalue weighted by atomic mass is 16.6. The zero-order chi connectivity index (χ0) is 18.7.